The average molecular weight is 236 g/mol. The van der Waals surface area contributed by atoms with Crippen molar-refractivity contribution < 1.29 is 19.1 Å². The zero-order valence-electron chi connectivity index (χ0n) is 10.1. The number of hydrogen-bond acceptors (Lipinski definition) is 4. The van der Waals surface area contributed by atoms with Crippen molar-refractivity contribution in [2.75, 3.05) is 7.11 Å². The van der Waals surface area contributed by atoms with Gasteiger partial charge in [0, 0.05) is 6.08 Å². The summed E-state index contributed by atoms with van der Waals surface area (Å²) in [4.78, 5) is 23.3. The van der Waals surface area contributed by atoms with Gasteiger partial charge in [-0.2, -0.15) is 0 Å². The summed E-state index contributed by atoms with van der Waals surface area (Å²) in [5.41, 5.74) is -0.0203. The summed E-state index contributed by atoms with van der Waals surface area (Å²) in [5.74, 6) is -0.768. The Labute approximate surface area is 100 Å². The molecule has 0 aromatic carbocycles. The second kappa shape index (κ2) is 4.35. The molecule has 0 bridgehead atoms. The minimum atomic E-state index is -0.996. The van der Waals surface area contributed by atoms with E-state index in [0.29, 0.717) is 0 Å². The van der Waals surface area contributed by atoms with Crippen LogP contribution in [0.15, 0.2) is 23.5 Å². The van der Waals surface area contributed by atoms with Gasteiger partial charge < -0.3 is 9.47 Å². The number of rotatable bonds is 2. The summed E-state index contributed by atoms with van der Waals surface area (Å²) in [6.07, 6.45) is 7.31. The molecule has 4 nitrogen and oxygen atoms in total. The summed E-state index contributed by atoms with van der Waals surface area (Å²) < 4.78 is 10.1. The maximum Gasteiger partial charge on any atom is 0.373 e. The molecule has 0 aromatic heterocycles. The topological polar surface area (TPSA) is 52.6 Å². The Kier molecular flexibility index (Phi) is 3.05. The van der Waals surface area contributed by atoms with Crippen LogP contribution in [0.3, 0.4) is 0 Å². The van der Waals surface area contributed by atoms with Crippen LogP contribution in [0, 0.1) is 0 Å². The van der Waals surface area contributed by atoms with Crippen molar-refractivity contribution in [3.8, 4) is 0 Å². The fourth-order valence-corrected chi connectivity index (χ4v) is 2.25. The van der Waals surface area contributed by atoms with Crippen LogP contribution >= 0.6 is 0 Å². The van der Waals surface area contributed by atoms with Crippen LogP contribution in [0.4, 0.5) is 0 Å². The molecule has 0 amide bonds. The van der Waals surface area contributed by atoms with Crippen molar-refractivity contribution in [1.82, 2.24) is 0 Å². The van der Waals surface area contributed by atoms with E-state index in [-0.39, 0.29) is 11.5 Å². The van der Waals surface area contributed by atoms with Crippen LogP contribution in [0.5, 0.6) is 0 Å². The van der Waals surface area contributed by atoms with Crippen LogP contribution in [0.1, 0.15) is 32.6 Å². The fourth-order valence-electron chi connectivity index (χ4n) is 2.25. The van der Waals surface area contributed by atoms with E-state index in [9.17, 15) is 9.59 Å². The largest absolute Gasteiger partial charge is 0.467 e. The van der Waals surface area contributed by atoms with Crippen LogP contribution in [-0.4, -0.2) is 24.5 Å². The Morgan fingerprint density at radius 1 is 1.47 bits per heavy atom. The maximum atomic E-state index is 12.0. The molecule has 92 valence electrons. The van der Waals surface area contributed by atoms with Crippen molar-refractivity contribution >= 4 is 11.8 Å². The highest BCUT2D eigenvalue weighted by molar-refractivity contribution is 6.07. The predicted molar refractivity (Wildman–Crippen MR) is 61.1 cm³/mol. The van der Waals surface area contributed by atoms with Crippen LogP contribution in [-0.2, 0) is 19.1 Å². The summed E-state index contributed by atoms with van der Waals surface area (Å²) in [6, 6.07) is 0. The molecule has 1 unspecified atom stereocenters. The molecule has 0 saturated carbocycles. The first kappa shape index (κ1) is 11.9. The lowest BCUT2D eigenvalue weighted by Gasteiger charge is -2.28. The third-order valence-electron chi connectivity index (χ3n) is 3.34. The van der Waals surface area contributed by atoms with Gasteiger partial charge in [0.15, 0.2) is 5.60 Å². The van der Waals surface area contributed by atoms with Gasteiger partial charge in [-0.1, -0.05) is 6.08 Å². The molecule has 0 spiro atoms. The molecule has 2 aliphatic rings. The molecule has 1 aliphatic carbocycles. The van der Waals surface area contributed by atoms with Gasteiger partial charge in [0.1, 0.15) is 0 Å². The van der Waals surface area contributed by atoms with Gasteiger partial charge in [0.25, 0.3) is 0 Å². The van der Waals surface area contributed by atoms with Gasteiger partial charge in [0.2, 0.25) is 11.5 Å². The van der Waals surface area contributed by atoms with E-state index in [0.717, 1.165) is 31.3 Å². The molecule has 0 N–H and O–H groups in total. The van der Waals surface area contributed by atoms with Crippen molar-refractivity contribution in [2.45, 2.75) is 38.2 Å². The molecule has 0 radical (unpaired) electrons. The molecule has 1 atom stereocenters. The van der Waals surface area contributed by atoms with Gasteiger partial charge in [-0.3, -0.25) is 4.79 Å². The zero-order valence-corrected chi connectivity index (χ0v) is 10.1. The molecule has 0 saturated heterocycles. The summed E-state index contributed by atoms with van der Waals surface area (Å²) in [7, 11) is 1.27. The van der Waals surface area contributed by atoms with Crippen molar-refractivity contribution in [1.29, 1.82) is 0 Å². The Balaban J connectivity index is 2.22. The molecule has 0 fully saturated rings. The van der Waals surface area contributed by atoms with Gasteiger partial charge in [-0.15, -0.1) is 0 Å². The number of methoxy groups -OCH3 is 1. The molecule has 1 heterocycles. The SMILES string of the molecule is COC(=O)C1=CC(=O)C(C)(C2=CCCCC2)O1. The van der Waals surface area contributed by atoms with Crippen LogP contribution in [0.2, 0.25) is 0 Å². The summed E-state index contributed by atoms with van der Waals surface area (Å²) in [5, 5.41) is 0. The van der Waals surface area contributed by atoms with E-state index in [1.54, 1.807) is 6.92 Å². The third kappa shape index (κ3) is 1.99. The Morgan fingerprint density at radius 2 is 2.24 bits per heavy atom. The first-order chi connectivity index (χ1) is 8.08. The van der Waals surface area contributed by atoms with Crippen LogP contribution in [0.25, 0.3) is 0 Å². The van der Waals surface area contributed by atoms with Gasteiger partial charge in [-0.05, 0) is 38.2 Å². The highest BCUT2D eigenvalue weighted by atomic mass is 16.6. The maximum absolute atomic E-state index is 12.0. The lowest BCUT2D eigenvalue weighted by molar-refractivity contribution is -0.142. The molecule has 0 aromatic rings. The molecule has 4 heteroatoms. The van der Waals surface area contributed by atoms with Gasteiger partial charge in [0.05, 0.1) is 7.11 Å². The molecule has 1 aliphatic heterocycles. The van der Waals surface area contributed by atoms with E-state index >= 15 is 0 Å². The molecule has 2 rings (SSSR count). The van der Waals surface area contributed by atoms with Crippen molar-refractivity contribution in [2.24, 2.45) is 0 Å². The Hall–Kier alpha value is -1.58. The van der Waals surface area contributed by atoms with E-state index in [4.69, 9.17) is 4.74 Å². The number of ether oxygens (including phenoxy) is 2. The summed E-state index contributed by atoms with van der Waals surface area (Å²) >= 11 is 0. The van der Waals surface area contributed by atoms with Crippen molar-refractivity contribution in [3.05, 3.63) is 23.5 Å². The number of allylic oxidation sites excluding steroid dienone is 1. The smallest absolute Gasteiger partial charge is 0.373 e. The first-order valence-corrected chi connectivity index (χ1v) is 5.81. The third-order valence-corrected chi connectivity index (χ3v) is 3.34. The minimum absolute atomic E-state index is 0.00599. The number of ketones is 1. The lowest BCUT2D eigenvalue weighted by atomic mass is 9.84. The van der Waals surface area contributed by atoms with E-state index in [2.05, 4.69) is 10.8 Å². The van der Waals surface area contributed by atoms with Gasteiger partial charge >= 0.3 is 5.97 Å². The number of carbonyl (C=O) groups is 2. The van der Waals surface area contributed by atoms with Gasteiger partial charge in [-0.25, -0.2) is 4.79 Å². The second-order valence-corrected chi connectivity index (χ2v) is 4.47. The monoisotopic (exact) mass is 236 g/mol. The molecule has 17 heavy (non-hydrogen) atoms. The first-order valence-electron chi connectivity index (χ1n) is 5.81. The fraction of sp³-hybridized carbons (Fsp3) is 0.538. The normalized spacial score (nSPS) is 28.2. The minimum Gasteiger partial charge on any atom is -0.467 e. The predicted octanol–water partition coefficient (Wildman–Crippen LogP) is 1.90. The average Bonchev–Trinajstić information content (AvgIpc) is 2.67. The highest BCUT2D eigenvalue weighted by Crippen LogP contribution is 2.36. The van der Waals surface area contributed by atoms with Crippen molar-refractivity contribution in [3.63, 3.8) is 0 Å². The van der Waals surface area contributed by atoms with E-state index < -0.39 is 11.6 Å². The lowest BCUT2D eigenvalue weighted by Crippen LogP contribution is -2.36. The Bertz CT molecular complexity index is 419. The Morgan fingerprint density at radius 3 is 2.82 bits per heavy atom. The number of hydrogen-bond donors (Lipinski definition) is 0. The highest BCUT2D eigenvalue weighted by Gasteiger charge is 2.45. The van der Waals surface area contributed by atoms with Crippen LogP contribution < -0.4 is 0 Å². The number of carbonyl (C=O) groups excluding carboxylic acids is 2. The van der Waals surface area contributed by atoms with E-state index in [1.807, 2.05) is 0 Å². The number of esters is 1. The standard InChI is InChI=1S/C13H16O4/c1-13(9-6-4-3-5-7-9)11(14)8-10(17-13)12(15)16-2/h6,8H,3-5,7H2,1-2H3. The quantitative estimate of drug-likeness (QED) is 0.543. The molecular weight excluding hydrogens is 220 g/mol. The van der Waals surface area contributed by atoms with E-state index in [1.165, 1.54) is 13.2 Å². The summed E-state index contributed by atoms with van der Waals surface area (Å²) in [6.45, 7) is 1.72. The second-order valence-electron chi connectivity index (χ2n) is 4.47. The zero-order chi connectivity index (χ0) is 12.5. The molecular formula is C13H16O4.